The highest BCUT2D eigenvalue weighted by Crippen LogP contribution is 2.22. The molecule has 1 saturated heterocycles. The van der Waals surface area contributed by atoms with Gasteiger partial charge in [0, 0.05) is 27.8 Å². The van der Waals surface area contributed by atoms with Crippen molar-refractivity contribution in [1.29, 1.82) is 0 Å². The molecule has 0 spiro atoms. The zero-order valence-corrected chi connectivity index (χ0v) is 9.03. The van der Waals surface area contributed by atoms with Gasteiger partial charge >= 0.3 is 0 Å². The van der Waals surface area contributed by atoms with Gasteiger partial charge in [-0.2, -0.15) is 23.5 Å². The van der Waals surface area contributed by atoms with Gasteiger partial charge in [-0.15, -0.1) is 0 Å². The predicted molar refractivity (Wildman–Crippen MR) is 56.5 cm³/mol. The van der Waals surface area contributed by atoms with E-state index in [1.807, 2.05) is 23.5 Å². The van der Waals surface area contributed by atoms with Crippen LogP contribution in [-0.2, 0) is 0 Å². The Hall–Kier alpha value is 0.920. The fourth-order valence-electron chi connectivity index (χ4n) is 0.752. The lowest BCUT2D eigenvalue weighted by atomic mass is 10.4. The van der Waals surface area contributed by atoms with Crippen molar-refractivity contribution in [2.45, 2.75) is 4.83 Å². The summed E-state index contributed by atoms with van der Waals surface area (Å²) in [6.45, 7) is 3.98. The van der Waals surface area contributed by atoms with Crippen LogP contribution in [0.5, 0.6) is 0 Å². The van der Waals surface area contributed by atoms with Gasteiger partial charge < -0.3 is 0 Å². The van der Waals surface area contributed by atoms with Crippen LogP contribution in [0.4, 0.5) is 0 Å². The molecule has 0 aliphatic carbocycles. The van der Waals surface area contributed by atoms with Gasteiger partial charge in [0.15, 0.2) is 0 Å². The zero-order chi connectivity index (χ0) is 7.40. The molecule has 0 bridgehead atoms. The highest BCUT2D eigenvalue weighted by Gasteiger charge is 2.08. The van der Waals surface area contributed by atoms with E-state index >= 15 is 0 Å². The molecule has 0 aromatic heterocycles. The average molecular weight is 239 g/mol. The third-order valence-electron chi connectivity index (χ3n) is 1.21. The first-order chi connectivity index (χ1) is 4.79. The fourth-order valence-corrected chi connectivity index (χ4v) is 3.92. The van der Waals surface area contributed by atoms with E-state index in [0.717, 1.165) is 11.5 Å². The summed E-state index contributed by atoms with van der Waals surface area (Å²) in [4.78, 5) is 0.704. The molecule has 0 saturated carbocycles. The van der Waals surface area contributed by atoms with Crippen LogP contribution in [0.25, 0.3) is 0 Å². The third-order valence-corrected chi connectivity index (χ3v) is 5.22. The number of thioether (sulfide) groups is 2. The molecule has 1 aliphatic heterocycles. The van der Waals surface area contributed by atoms with Crippen molar-refractivity contribution in [3.63, 3.8) is 0 Å². The molecule has 1 heterocycles. The van der Waals surface area contributed by atoms with E-state index in [9.17, 15) is 0 Å². The summed E-state index contributed by atoms with van der Waals surface area (Å²) in [7, 11) is 0. The molecule has 1 aliphatic rings. The average Bonchev–Trinajstić information content (AvgIpc) is 1.84. The van der Waals surface area contributed by atoms with Crippen LogP contribution in [0.15, 0.2) is 12.2 Å². The summed E-state index contributed by atoms with van der Waals surface area (Å²) < 4.78 is 0. The van der Waals surface area contributed by atoms with Crippen molar-refractivity contribution < 1.29 is 0 Å². The van der Waals surface area contributed by atoms with Gasteiger partial charge in [0.2, 0.25) is 0 Å². The summed E-state index contributed by atoms with van der Waals surface area (Å²) in [5.74, 6) is 4.75. The minimum atomic E-state index is 0.704. The molecule has 1 fully saturated rings. The number of rotatable bonds is 0. The van der Waals surface area contributed by atoms with E-state index in [1.165, 1.54) is 17.1 Å². The molecule has 0 radical (unpaired) electrons. The summed E-state index contributed by atoms with van der Waals surface area (Å²) in [5, 5.41) is 0. The molecule has 1 rings (SSSR count). The highest BCUT2D eigenvalue weighted by molar-refractivity contribution is 9.09. The standard InChI is InChI=1S/C7H11BrS2/c1-6-2-9-4-7(8)5-10-3-6/h7H,1-5H2. The van der Waals surface area contributed by atoms with E-state index in [-0.39, 0.29) is 0 Å². The van der Waals surface area contributed by atoms with Gasteiger partial charge in [-0.1, -0.05) is 28.1 Å². The number of alkyl halides is 1. The quantitative estimate of drug-likeness (QED) is 0.471. The van der Waals surface area contributed by atoms with E-state index in [4.69, 9.17) is 0 Å². The second-order valence-corrected chi connectivity index (χ2v) is 5.73. The number of halogens is 1. The first-order valence-electron chi connectivity index (χ1n) is 3.25. The largest absolute Gasteiger partial charge is 0.156 e. The minimum absolute atomic E-state index is 0.704. The van der Waals surface area contributed by atoms with E-state index in [0.29, 0.717) is 4.83 Å². The van der Waals surface area contributed by atoms with Crippen molar-refractivity contribution >= 4 is 39.5 Å². The Kier molecular flexibility index (Phi) is 4.26. The maximum Gasteiger partial charge on any atom is 0.0327 e. The molecule has 0 N–H and O–H groups in total. The van der Waals surface area contributed by atoms with Crippen LogP contribution in [0, 0.1) is 0 Å². The Balaban J connectivity index is 2.27. The highest BCUT2D eigenvalue weighted by atomic mass is 79.9. The smallest absolute Gasteiger partial charge is 0.0327 e. The number of hydrogen-bond acceptors (Lipinski definition) is 2. The normalized spacial score (nSPS) is 23.9. The van der Waals surface area contributed by atoms with Crippen LogP contribution < -0.4 is 0 Å². The van der Waals surface area contributed by atoms with Crippen molar-refractivity contribution in [2.24, 2.45) is 0 Å². The Morgan fingerprint density at radius 1 is 1.30 bits per heavy atom. The van der Waals surface area contributed by atoms with E-state index < -0.39 is 0 Å². The molecule has 0 aromatic rings. The first-order valence-corrected chi connectivity index (χ1v) is 6.48. The van der Waals surface area contributed by atoms with Crippen molar-refractivity contribution in [3.8, 4) is 0 Å². The van der Waals surface area contributed by atoms with Crippen molar-refractivity contribution in [2.75, 3.05) is 23.0 Å². The Labute approximate surface area is 79.3 Å². The summed E-state index contributed by atoms with van der Waals surface area (Å²) in [6.07, 6.45) is 0. The van der Waals surface area contributed by atoms with E-state index in [2.05, 4.69) is 22.5 Å². The zero-order valence-electron chi connectivity index (χ0n) is 5.81. The van der Waals surface area contributed by atoms with Crippen molar-refractivity contribution in [3.05, 3.63) is 12.2 Å². The number of hydrogen-bond donors (Lipinski definition) is 0. The molecule has 3 heteroatoms. The van der Waals surface area contributed by atoms with Gasteiger partial charge in [-0.25, -0.2) is 0 Å². The third kappa shape index (κ3) is 3.35. The lowest BCUT2D eigenvalue weighted by Gasteiger charge is -2.14. The van der Waals surface area contributed by atoms with Gasteiger partial charge in [0.05, 0.1) is 0 Å². The maximum absolute atomic E-state index is 3.98. The Bertz CT molecular complexity index is 113. The predicted octanol–water partition coefficient (Wildman–Crippen LogP) is 2.79. The molecule has 0 unspecified atom stereocenters. The molecule has 0 amide bonds. The van der Waals surface area contributed by atoms with Gasteiger partial charge in [0.25, 0.3) is 0 Å². The first kappa shape index (κ1) is 9.01. The Morgan fingerprint density at radius 2 is 1.80 bits per heavy atom. The minimum Gasteiger partial charge on any atom is -0.156 e. The van der Waals surface area contributed by atoms with Crippen LogP contribution in [0.2, 0.25) is 0 Å². The molecule has 0 atom stereocenters. The lowest BCUT2D eigenvalue weighted by Crippen LogP contribution is -2.10. The second kappa shape index (κ2) is 4.73. The molecular weight excluding hydrogens is 228 g/mol. The maximum atomic E-state index is 3.98. The summed E-state index contributed by atoms with van der Waals surface area (Å²) in [6, 6.07) is 0. The molecular formula is C7H11BrS2. The monoisotopic (exact) mass is 238 g/mol. The van der Waals surface area contributed by atoms with Crippen LogP contribution >= 0.6 is 39.5 Å². The van der Waals surface area contributed by atoms with Crippen LogP contribution in [0.1, 0.15) is 0 Å². The van der Waals surface area contributed by atoms with Crippen molar-refractivity contribution in [1.82, 2.24) is 0 Å². The molecule has 10 heavy (non-hydrogen) atoms. The molecule has 0 nitrogen and oxygen atoms in total. The summed E-state index contributed by atoms with van der Waals surface area (Å²) >= 11 is 7.59. The topological polar surface area (TPSA) is 0 Å². The van der Waals surface area contributed by atoms with Gasteiger partial charge in [-0.3, -0.25) is 0 Å². The molecule has 0 aromatic carbocycles. The fraction of sp³-hybridized carbons (Fsp3) is 0.714. The SMILES string of the molecule is C=C1CSCC(Br)CSC1. The summed E-state index contributed by atoms with van der Waals surface area (Å²) in [5.41, 5.74) is 1.38. The molecule has 58 valence electrons. The van der Waals surface area contributed by atoms with Gasteiger partial charge in [-0.05, 0) is 0 Å². The second-order valence-electron chi connectivity index (χ2n) is 2.38. The van der Waals surface area contributed by atoms with Crippen LogP contribution in [-0.4, -0.2) is 27.8 Å². The Morgan fingerprint density at radius 3 is 2.30 bits per heavy atom. The van der Waals surface area contributed by atoms with Crippen LogP contribution in [0.3, 0.4) is 0 Å². The van der Waals surface area contributed by atoms with E-state index in [1.54, 1.807) is 0 Å². The lowest BCUT2D eigenvalue weighted by molar-refractivity contribution is 1.16. The van der Waals surface area contributed by atoms with Gasteiger partial charge in [0.1, 0.15) is 0 Å².